The van der Waals surface area contributed by atoms with E-state index < -0.39 is 15.9 Å². The van der Waals surface area contributed by atoms with E-state index in [0.717, 1.165) is 6.26 Å². The fraction of sp³-hybridized carbons (Fsp3) is 0.235. The first-order chi connectivity index (χ1) is 13.5. The van der Waals surface area contributed by atoms with Gasteiger partial charge in [0.25, 0.3) is 5.91 Å². The monoisotopic (exact) mass is 475 g/mol. The van der Waals surface area contributed by atoms with Crippen molar-refractivity contribution in [3.8, 4) is 11.1 Å². The quantitative estimate of drug-likeness (QED) is 0.542. The summed E-state index contributed by atoms with van der Waals surface area (Å²) >= 11 is 18.8. The fourth-order valence-electron chi connectivity index (χ4n) is 2.69. The molecule has 0 atom stereocenters. The number of benzene rings is 1. The number of nitrogens with one attached hydrogen (secondary N) is 2. The van der Waals surface area contributed by atoms with Crippen molar-refractivity contribution >= 4 is 62.2 Å². The summed E-state index contributed by atoms with van der Waals surface area (Å²) in [5.74, 6) is -0.420. The van der Waals surface area contributed by atoms with Gasteiger partial charge in [-0.25, -0.2) is 18.1 Å². The maximum atomic E-state index is 12.3. The molecule has 0 radical (unpaired) electrons. The van der Waals surface area contributed by atoms with E-state index in [-0.39, 0.29) is 22.4 Å². The Balaban J connectivity index is 2.29. The Bertz CT molecular complexity index is 1220. The zero-order valence-electron chi connectivity index (χ0n) is 15.5. The Morgan fingerprint density at radius 2 is 1.90 bits per heavy atom. The first kappa shape index (κ1) is 21.6. The van der Waals surface area contributed by atoms with E-state index in [2.05, 4.69) is 15.4 Å². The molecule has 29 heavy (non-hydrogen) atoms. The molecule has 0 unspecified atom stereocenters. The van der Waals surface area contributed by atoms with Crippen molar-refractivity contribution in [2.24, 2.45) is 0 Å². The first-order valence-corrected chi connectivity index (χ1v) is 11.3. The molecule has 2 N–H and O–H groups in total. The number of rotatable bonds is 5. The number of nitrogens with zero attached hydrogens (tertiary/aromatic N) is 3. The molecule has 0 aliphatic carbocycles. The maximum Gasteiger partial charge on any atom is 0.270 e. The van der Waals surface area contributed by atoms with Gasteiger partial charge in [-0.15, -0.1) is 0 Å². The molecule has 0 bridgehead atoms. The number of sulfonamides is 1. The highest BCUT2D eigenvalue weighted by Crippen LogP contribution is 2.39. The number of hydrogen-bond acceptors (Lipinski definition) is 6. The van der Waals surface area contributed by atoms with Crippen molar-refractivity contribution in [3.63, 3.8) is 0 Å². The van der Waals surface area contributed by atoms with E-state index in [9.17, 15) is 13.2 Å². The van der Waals surface area contributed by atoms with Gasteiger partial charge in [-0.2, -0.15) is 9.61 Å². The predicted octanol–water partition coefficient (Wildman–Crippen LogP) is 3.87. The van der Waals surface area contributed by atoms with Gasteiger partial charge in [0.2, 0.25) is 10.0 Å². The molecular weight excluding hydrogens is 461 g/mol. The zero-order valence-corrected chi connectivity index (χ0v) is 18.6. The fourth-order valence-corrected chi connectivity index (χ4v) is 3.91. The minimum Gasteiger partial charge on any atom is -0.367 e. The Labute approximate surface area is 182 Å². The molecule has 0 fully saturated rings. The predicted molar refractivity (Wildman–Crippen MR) is 115 cm³/mol. The summed E-state index contributed by atoms with van der Waals surface area (Å²) < 4.78 is 26.1. The van der Waals surface area contributed by atoms with Crippen LogP contribution in [0.15, 0.2) is 24.4 Å². The zero-order chi connectivity index (χ0) is 21.5. The maximum absolute atomic E-state index is 12.3. The molecular formula is C17H16Cl3N5O3S. The van der Waals surface area contributed by atoms with E-state index in [1.807, 2.05) is 18.6 Å². The van der Waals surface area contributed by atoms with Crippen LogP contribution in [0.3, 0.4) is 0 Å². The number of carbonyl (C=O) groups is 1. The summed E-state index contributed by atoms with van der Waals surface area (Å²) in [6, 6.07) is 4.91. The highest BCUT2D eigenvalue weighted by atomic mass is 35.5. The molecule has 154 valence electrons. The topological polar surface area (TPSA) is 105 Å². The van der Waals surface area contributed by atoms with Gasteiger partial charge in [0, 0.05) is 16.6 Å². The van der Waals surface area contributed by atoms with Crippen LogP contribution >= 0.6 is 34.8 Å². The normalized spacial score (nSPS) is 11.8. The number of fused-ring (bicyclic) bond motifs is 1. The smallest absolute Gasteiger partial charge is 0.270 e. The summed E-state index contributed by atoms with van der Waals surface area (Å²) in [6.07, 6.45) is 2.10. The lowest BCUT2D eigenvalue weighted by Gasteiger charge is -2.18. The Morgan fingerprint density at radius 1 is 1.21 bits per heavy atom. The molecule has 0 aliphatic rings. The van der Waals surface area contributed by atoms with Crippen LogP contribution in [0.4, 0.5) is 5.82 Å². The molecule has 3 aromatic rings. The second-order valence-corrected chi connectivity index (χ2v) is 9.50. The van der Waals surface area contributed by atoms with Gasteiger partial charge in [0.05, 0.1) is 23.0 Å². The SMILES string of the molecule is CC(C)Nc1c(-c2ccc(Cl)cc2Cl)c(Cl)nc2c(C(=O)NS(C)(=O)=O)cnn12. The molecule has 8 nitrogen and oxygen atoms in total. The standard InChI is InChI=1S/C17H16Cl3N5O3S/c1-8(2)22-16-13(10-5-4-9(18)6-12(10)19)14(20)23-15-11(7-21-25(15)16)17(26)24-29(3,27)28/h4-8,22H,1-3H3,(H,24,26). The van der Waals surface area contributed by atoms with Gasteiger partial charge in [-0.05, 0) is 26.0 Å². The third-order valence-electron chi connectivity index (χ3n) is 3.75. The first-order valence-electron chi connectivity index (χ1n) is 8.29. The van der Waals surface area contributed by atoms with Crippen molar-refractivity contribution in [2.75, 3.05) is 11.6 Å². The Kier molecular flexibility index (Phi) is 5.96. The molecule has 2 aromatic heterocycles. The van der Waals surface area contributed by atoms with Gasteiger partial charge in [0.1, 0.15) is 16.5 Å². The molecule has 3 rings (SSSR count). The molecule has 0 saturated heterocycles. The largest absolute Gasteiger partial charge is 0.367 e. The highest BCUT2D eigenvalue weighted by molar-refractivity contribution is 7.89. The van der Waals surface area contributed by atoms with Crippen molar-refractivity contribution in [2.45, 2.75) is 19.9 Å². The highest BCUT2D eigenvalue weighted by Gasteiger charge is 2.24. The van der Waals surface area contributed by atoms with Crippen LogP contribution in [0.2, 0.25) is 15.2 Å². The van der Waals surface area contributed by atoms with Crippen molar-refractivity contribution in [1.82, 2.24) is 19.3 Å². The van der Waals surface area contributed by atoms with Gasteiger partial charge in [0.15, 0.2) is 5.65 Å². The van der Waals surface area contributed by atoms with Crippen molar-refractivity contribution < 1.29 is 13.2 Å². The lowest BCUT2D eigenvalue weighted by molar-refractivity contribution is 0.0983. The van der Waals surface area contributed by atoms with Crippen LogP contribution < -0.4 is 10.0 Å². The number of hydrogen-bond donors (Lipinski definition) is 2. The summed E-state index contributed by atoms with van der Waals surface area (Å²) in [5.41, 5.74) is 1.08. The minimum atomic E-state index is -3.76. The number of anilines is 1. The number of carbonyl (C=O) groups excluding carboxylic acids is 1. The summed E-state index contributed by atoms with van der Waals surface area (Å²) in [6.45, 7) is 3.82. The van der Waals surface area contributed by atoms with Crippen LogP contribution in [0, 0.1) is 0 Å². The number of aromatic nitrogens is 3. The second kappa shape index (κ2) is 7.98. The van der Waals surface area contributed by atoms with E-state index in [4.69, 9.17) is 34.8 Å². The van der Waals surface area contributed by atoms with E-state index in [0.29, 0.717) is 27.0 Å². The molecule has 0 aliphatic heterocycles. The van der Waals surface area contributed by atoms with E-state index in [1.54, 1.807) is 18.2 Å². The number of halogens is 3. The van der Waals surface area contributed by atoms with Crippen LogP contribution in [-0.2, 0) is 10.0 Å². The molecule has 0 spiro atoms. The van der Waals surface area contributed by atoms with Crippen molar-refractivity contribution in [3.05, 3.63) is 45.2 Å². The van der Waals surface area contributed by atoms with Crippen LogP contribution in [0.25, 0.3) is 16.8 Å². The lowest BCUT2D eigenvalue weighted by atomic mass is 10.1. The molecule has 2 heterocycles. The molecule has 0 saturated carbocycles. The van der Waals surface area contributed by atoms with Gasteiger partial charge >= 0.3 is 0 Å². The Hall–Kier alpha value is -2.07. The van der Waals surface area contributed by atoms with Gasteiger partial charge < -0.3 is 5.32 Å². The second-order valence-electron chi connectivity index (χ2n) is 6.55. The average molecular weight is 477 g/mol. The summed E-state index contributed by atoms with van der Waals surface area (Å²) in [4.78, 5) is 16.6. The molecule has 12 heteroatoms. The third kappa shape index (κ3) is 4.58. The van der Waals surface area contributed by atoms with E-state index in [1.165, 1.54) is 10.7 Å². The van der Waals surface area contributed by atoms with Gasteiger partial charge in [-0.1, -0.05) is 40.9 Å². The lowest BCUT2D eigenvalue weighted by Crippen LogP contribution is -2.29. The van der Waals surface area contributed by atoms with E-state index >= 15 is 0 Å². The third-order valence-corrected chi connectivity index (χ3v) is 5.13. The van der Waals surface area contributed by atoms with Crippen LogP contribution in [-0.4, -0.2) is 41.2 Å². The van der Waals surface area contributed by atoms with Crippen LogP contribution in [0.1, 0.15) is 24.2 Å². The average Bonchev–Trinajstić information content (AvgIpc) is 2.98. The Morgan fingerprint density at radius 3 is 2.48 bits per heavy atom. The summed E-state index contributed by atoms with van der Waals surface area (Å²) in [7, 11) is -3.76. The van der Waals surface area contributed by atoms with Gasteiger partial charge in [-0.3, -0.25) is 4.79 Å². The molecule has 1 amide bonds. The van der Waals surface area contributed by atoms with Crippen molar-refractivity contribution in [1.29, 1.82) is 0 Å². The summed E-state index contributed by atoms with van der Waals surface area (Å²) in [5, 5.41) is 8.31. The van der Waals surface area contributed by atoms with Crippen LogP contribution in [0.5, 0.6) is 0 Å². The minimum absolute atomic E-state index is 0.0287. The molecule has 1 aromatic carbocycles. The number of amides is 1.